The molecule has 5 nitrogen and oxygen atoms in total. The summed E-state index contributed by atoms with van der Waals surface area (Å²) in [4.78, 5) is 11.5. The van der Waals surface area contributed by atoms with Crippen LogP contribution in [-0.4, -0.2) is 52.0 Å². The first kappa shape index (κ1) is 13.4. The smallest absolute Gasteiger partial charge is 0.222 e. The van der Waals surface area contributed by atoms with Crippen LogP contribution in [-0.2, 0) is 14.3 Å². The second kappa shape index (κ2) is 8.50. The molecule has 0 aromatic carbocycles. The van der Waals surface area contributed by atoms with E-state index in [0.717, 1.165) is 25.9 Å². The van der Waals surface area contributed by atoms with Gasteiger partial charge in [-0.15, -0.1) is 0 Å². The third kappa shape index (κ3) is 6.05. The van der Waals surface area contributed by atoms with Crippen molar-refractivity contribution in [3.05, 3.63) is 0 Å². The number of carbonyl (C=O) groups excluding carboxylic acids is 1. The number of hydrogen-bond acceptors (Lipinski definition) is 4. The lowest BCUT2D eigenvalue weighted by atomic mass is 10.1. The van der Waals surface area contributed by atoms with Crippen molar-refractivity contribution >= 4 is 5.91 Å². The van der Waals surface area contributed by atoms with Gasteiger partial charge in [0.1, 0.15) is 0 Å². The molecule has 1 unspecified atom stereocenters. The molecule has 1 aliphatic rings. The van der Waals surface area contributed by atoms with Crippen LogP contribution in [0.3, 0.4) is 0 Å². The molecule has 0 aromatic heterocycles. The normalized spacial score (nSPS) is 20.7. The van der Waals surface area contributed by atoms with Crippen molar-refractivity contribution in [2.45, 2.75) is 25.3 Å². The molecule has 0 aliphatic carbocycles. The highest BCUT2D eigenvalue weighted by molar-refractivity contribution is 5.76. The Bertz CT molecular complexity index is 194. The van der Waals surface area contributed by atoms with Crippen LogP contribution in [0.25, 0.3) is 0 Å². The average molecular weight is 230 g/mol. The van der Waals surface area contributed by atoms with E-state index in [-0.39, 0.29) is 5.91 Å². The zero-order valence-corrected chi connectivity index (χ0v) is 9.96. The largest absolute Gasteiger partial charge is 0.382 e. The Morgan fingerprint density at radius 3 is 3.00 bits per heavy atom. The van der Waals surface area contributed by atoms with Crippen LogP contribution < -0.4 is 10.6 Å². The number of ether oxygens (including phenoxy) is 2. The molecule has 1 fully saturated rings. The summed E-state index contributed by atoms with van der Waals surface area (Å²) in [6.07, 6.45) is 2.64. The number of methoxy groups -OCH3 is 1. The van der Waals surface area contributed by atoms with E-state index >= 15 is 0 Å². The maximum absolute atomic E-state index is 11.5. The number of carbonyl (C=O) groups is 1. The van der Waals surface area contributed by atoms with Crippen LogP contribution in [0.2, 0.25) is 0 Å². The summed E-state index contributed by atoms with van der Waals surface area (Å²) in [6.45, 7) is 3.54. The Labute approximate surface area is 96.9 Å². The van der Waals surface area contributed by atoms with Crippen molar-refractivity contribution in [1.29, 1.82) is 0 Å². The molecule has 2 N–H and O–H groups in total. The van der Waals surface area contributed by atoms with Gasteiger partial charge in [0.15, 0.2) is 0 Å². The molecule has 16 heavy (non-hydrogen) atoms. The minimum Gasteiger partial charge on any atom is -0.382 e. The lowest BCUT2D eigenvalue weighted by Crippen LogP contribution is -2.45. The Balaban J connectivity index is 1.97. The van der Waals surface area contributed by atoms with Crippen molar-refractivity contribution in [2.24, 2.45) is 0 Å². The molecule has 0 saturated carbocycles. The summed E-state index contributed by atoms with van der Waals surface area (Å²) in [5.74, 6) is 0.0751. The Hall–Kier alpha value is -0.650. The SMILES string of the molecule is COCCOCCC(=O)NC1CCCNC1. The predicted octanol–water partition coefficient (Wildman–Crippen LogP) is -0.0923. The van der Waals surface area contributed by atoms with E-state index in [1.807, 2.05) is 0 Å². The van der Waals surface area contributed by atoms with Crippen LogP contribution in [0.15, 0.2) is 0 Å². The number of amides is 1. The van der Waals surface area contributed by atoms with Gasteiger partial charge in [0.05, 0.1) is 19.8 Å². The van der Waals surface area contributed by atoms with Crippen molar-refractivity contribution in [1.82, 2.24) is 10.6 Å². The van der Waals surface area contributed by atoms with E-state index in [0.29, 0.717) is 32.3 Å². The lowest BCUT2D eigenvalue weighted by Gasteiger charge is -2.23. The summed E-state index contributed by atoms with van der Waals surface area (Å²) in [7, 11) is 1.63. The van der Waals surface area contributed by atoms with E-state index in [1.165, 1.54) is 0 Å². The van der Waals surface area contributed by atoms with Gasteiger partial charge >= 0.3 is 0 Å². The molecule has 5 heteroatoms. The van der Waals surface area contributed by atoms with Crippen LogP contribution in [0.4, 0.5) is 0 Å². The van der Waals surface area contributed by atoms with Gasteiger partial charge in [0.2, 0.25) is 5.91 Å². The highest BCUT2D eigenvalue weighted by Gasteiger charge is 2.14. The van der Waals surface area contributed by atoms with Crippen molar-refractivity contribution < 1.29 is 14.3 Å². The van der Waals surface area contributed by atoms with E-state index in [9.17, 15) is 4.79 Å². The molecule has 1 heterocycles. The summed E-state index contributed by atoms with van der Waals surface area (Å²) >= 11 is 0. The minimum atomic E-state index is 0.0751. The number of hydrogen-bond donors (Lipinski definition) is 2. The third-order valence-electron chi connectivity index (χ3n) is 2.57. The van der Waals surface area contributed by atoms with Crippen LogP contribution in [0.1, 0.15) is 19.3 Å². The van der Waals surface area contributed by atoms with Crippen LogP contribution in [0.5, 0.6) is 0 Å². The first-order valence-corrected chi connectivity index (χ1v) is 5.89. The van der Waals surface area contributed by atoms with Gasteiger partial charge in [0, 0.05) is 26.1 Å². The molecule has 94 valence electrons. The van der Waals surface area contributed by atoms with Gasteiger partial charge in [-0.25, -0.2) is 0 Å². The zero-order chi connectivity index (χ0) is 11.6. The first-order valence-electron chi connectivity index (χ1n) is 5.89. The van der Waals surface area contributed by atoms with Crippen molar-refractivity contribution in [2.75, 3.05) is 40.0 Å². The Morgan fingerprint density at radius 2 is 2.31 bits per heavy atom. The molecule has 0 radical (unpaired) electrons. The second-order valence-corrected chi connectivity index (χ2v) is 3.97. The maximum Gasteiger partial charge on any atom is 0.222 e. The van der Waals surface area contributed by atoms with E-state index in [1.54, 1.807) is 7.11 Å². The van der Waals surface area contributed by atoms with Gasteiger partial charge in [-0.3, -0.25) is 4.79 Å². The number of nitrogens with one attached hydrogen (secondary N) is 2. The fourth-order valence-electron chi connectivity index (χ4n) is 1.68. The molecule has 0 spiro atoms. The van der Waals surface area contributed by atoms with Crippen molar-refractivity contribution in [3.63, 3.8) is 0 Å². The molecule has 1 amide bonds. The molecule has 1 aliphatic heterocycles. The van der Waals surface area contributed by atoms with E-state index in [2.05, 4.69) is 10.6 Å². The quantitative estimate of drug-likeness (QED) is 0.600. The topological polar surface area (TPSA) is 59.6 Å². The standard InChI is InChI=1S/C11H22N2O3/c1-15-7-8-16-6-4-11(14)13-10-3-2-5-12-9-10/h10,12H,2-9H2,1H3,(H,13,14). The number of piperidine rings is 1. The summed E-state index contributed by atoms with van der Waals surface area (Å²) in [5.41, 5.74) is 0. The highest BCUT2D eigenvalue weighted by atomic mass is 16.5. The molecule has 1 saturated heterocycles. The summed E-state index contributed by atoms with van der Waals surface area (Å²) < 4.78 is 10.1. The molecular weight excluding hydrogens is 208 g/mol. The molecule has 0 aromatic rings. The first-order chi connectivity index (χ1) is 7.83. The van der Waals surface area contributed by atoms with Gasteiger partial charge in [-0.1, -0.05) is 0 Å². The van der Waals surface area contributed by atoms with Gasteiger partial charge in [-0.05, 0) is 19.4 Å². The summed E-state index contributed by atoms with van der Waals surface area (Å²) in [5, 5.41) is 6.26. The number of rotatable bonds is 7. The fourth-order valence-corrected chi connectivity index (χ4v) is 1.68. The van der Waals surface area contributed by atoms with Crippen LogP contribution >= 0.6 is 0 Å². The molecule has 1 atom stereocenters. The van der Waals surface area contributed by atoms with Crippen LogP contribution in [0, 0.1) is 0 Å². The fraction of sp³-hybridized carbons (Fsp3) is 0.909. The second-order valence-electron chi connectivity index (χ2n) is 3.97. The van der Waals surface area contributed by atoms with Gasteiger partial charge in [0.25, 0.3) is 0 Å². The van der Waals surface area contributed by atoms with Gasteiger partial charge < -0.3 is 20.1 Å². The zero-order valence-electron chi connectivity index (χ0n) is 9.96. The van der Waals surface area contributed by atoms with E-state index in [4.69, 9.17) is 9.47 Å². The lowest BCUT2D eigenvalue weighted by molar-refractivity contribution is -0.123. The maximum atomic E-state index is 11.5. The molecule has 0 bridgehead atoms. The Morgan fingerprint density at radius 1 is 1.44 bits per heavy atom. The van der Waals surface area contributed by atoms with E-state index < -0.39 is 0 Å². The highest BCUT2D eigenvalue weighted by Crippen LogP contribution is 2.01. The summed E-state index contributed by atoms with van der Waals surface area (Å²) in [6, 6.07) is 0.292. The van der Waals surface area contributed by atoms with Crippen molar-refractivity contribution in [3.8, 4) is 0 Å². The average Bonchev–Trinajstić information content (AvgIpc) is 2.30. The molecule has 1 rings (SSSR count). The van der Waals surface area contributed by atoms with Gasteiger partial charge in [-0.2, -0.15) is 0 Å². The third-order valence-corrected chi connectivity index (χ3v) is 2.57. The Kier molecular flexibility index (Phi) is 7.12. The minimum absolute atomic E-state index is 0.0751. The molecular formula is C11H22N2O3. The monoisotopic (exact) mass is 230 g/mol. The predicted molar refractivity (Wildman–Crippen MR) is 61.3 cm³/mol.